The van der Waals surface area contributed by atoms with Crippen molar-refractivity contribution in [1.82, 2.24) is 4.90 Å². The molecule has 2 atom stereocenters. The summed E-state index contributed by atoms with van der Waals surface area (Å²) in [5.74, 6) is 0. The van der Waals surface area contributed by atoms with Crippen LogP contribution in [0.2, 0.25) is 0 Å². The lowest BCUT2D eigenvalue weighted by atomic mass is 9.93. The highest BCUT2D eigenvalue weighted by atomic mass is 79.9. The number of urea groups is 1. The molecule has 2 N–H and O–H groups in total. The number of alkyl halides is 3. The molecule has 1 aliphatic heterocycles. The first-order valence-electron chi connectivity index (χ1n) is 7.40. The zero-order valence-corrected chi connectivity index (χ0v) is 14.6. The molecule has 0 aliphatic carbocycles. The van der Waals surface area contributed by atoms with Gasteiger partial charge in [0.25, 0.3) is 5.72 Å². The van der Waals surface area contributed by atoms with Crippen molar-refractivity contribution >= 4 is 27.6 Å². The van der Waals surface area contributed by atoms with E-state index in [0.29, 0.717) is 14.9 Å². The molecule has 1 unspecified atom stereocenters. The van der Waals surface area contributed by atoms with E-state index in [1.54, 1.807) is 30.3 Å². The van der Waals surface area contributed by atoms with Gasteiger partial charge in [-0.15, -0.1) is 0 Å². The van der Waals surface area contributed by atoms with Crippen molar-refractivity contribution in [2.75, 3.05) is 5.32 Å². The van der Waals surface area contributed by atoms with E-state index >= 15 is 0 Å². The van der Waals surface area contributed by atoms with E-state index in [9.17, 15) is 23.1 Å². The molecule has 2 amide bonds. The van der Waals surface area contributed by atoms with Gasteiger partial charge in [-0.2, -0.15) is 13.2 Å². The summed E-state index contributed by atoms with van der Waals surface area (Å²) in [7, 11) is 0. The highest BCUT2D eigenvalue weighted by molar-refractivity contribution is 9.10. The van der Waals surface area contributed by atoms with E-state index < -0.39 is 29.5 Å². The minimum atomic E-state index is -5.09. The monoisotopic (exact) mass is 414 g/mol. The van der Waals surface area contributed by atoms with E-state index in [2.05, 4.69) is 21.2 Å². The average molecular weight is 415 g/mol. The second kappa shape index (κ2) is 6.03. The molecule has 2 aromatic carbocycles. The summed E-state index contributed by atoms with van der Waals surface area (Å²) in [5, 5.41) is 13.2. The van der Waals surface area contributed by atoms with Crippen LogP contribution in [0.5, 0.6) is 0 Å². The number of carbonyl (C=O) groups excluding carboxylic acids is 1. The maximum atomic E-state index is 13.9. The summed E-state index contributed by atoms with van der Waals surface area (Å²) in [6.45, 7) is 1.44. The zero-order chi connectivity index (χ0) is 18.4. The lowest BCUT2D eigenvalue weighted by molar-refractivity contribution is -0.319. The molecule has 3 rings (SSSR count). The van der Waals surface area contributed by atoms with Crippen LogP contribution in [-0.4, -0.2) is 22.2 Å². The van der Waals surface area contributed by atoms with Gasteiger partial charge in [0.2, 0.25) is 0 Å². The van der Waals surface area contributed by atoms with E-state index in [-0.39, 0.29) is 5.69 Å². The molecule has 0 aromatic heterocycles. The van der Waals surface area contributed by atoms with Crippen molar-refractivity contribution in [3.63, 3.8) is 0 Å². The summed E-state index contributed by atoms with van der Waals surface area (Å²) < 4.78 is 42.2. The molecule has 0 fully saturated rings. The number of hydrogen-bond donors (Lipinski definition) is 2. The van der Waals surface area contributed by atoms with Crippen molar-refractivity contribution in [1.29, 1.82) is 0 Å². The molecule has 1 aliphatic rings. The number of rotatable bonds is 2. The first-order chi connectivity index (χ1) is 11.7. The van der Waals surface area contributed by atoms with E-state index in [1.807, 2.05) is 0 Å². The van der Waals surface area contributed by atoms with Gasteiger partial charge in [-0.05, 0) is 24.6 Å². The fourth-order valence-corrected chi connectivity index (χ4v) is 3.36. The predicted molar refractivity (Wildman–Crippen MR) is 89.8 cm³/mol. The number of nitrogens with one attached hydrogen (secondary N) is 1. The largest absolute Gasteiger partial charge is 0.441 e. The van der Waals surface area contributed by atoms with Crippen LogP contribution in [0, 0.1) is 0 Å². The number of carbonyl (C=O) groups is 1. The zero-order valence-electron chi connectivity index (χ0n) is 13.0. The average Bonchev–Trinajstić information content (AvgIpc) is 2.54. The van der Waals surface area contributed by atoms with E-state index in [1.165, 1.54) is 19.1 Å². The first-order valence-corrected chi connectivity index (χ1v) is 8.20. The van der Waals surface area contributed by atoms with Gasteiger partial charge in [0.15, 0.2) is 0 Å². The van der Waals surface area contributed by atoms with Crippen molar-refractivity contribution in [2.45, 2.75) is 24.9 Å². The van der Waals surface area contributed by atoms with Crippen LogP contribution in [-0.2, 0) is 5.72 Å². The number of amides is 2. The molecular weight excluding hydrogens is 401 g/mol. The normalized spacial score (nSPS) is 21.5. The summed E-state index contributed by atoms with van der Waals surface area (Å²) in [6, 6.07) is 10.1. The maximum absolute atomic E-state index is 13.9. The standard InChI is InChI=1S/C17H14BrF3N2O2/c1-10(11-5-3-2-4-6-11)23-15(24)22-14-9-12(18)7-8-13(14)16(23,25)17(19,20)21/h2-10,25H,1H3,(H,22,24)/t10-,16?/m1/s1. The number of hydrogen-bond acceptors (Lipinski definition) is 2. The lowest BCUT2D eigenvalue weighted by Gasteiger charge is -2.47. The summed E-state index contributed by atoms with van der Waals surface area (Å²) in [4.78, 5) is 12.9. The van der Waals surface area contributed by atoms with Gasteiger partial charge in [0.05, 0.1) is 11.7 Å². The van der Waals surface area contributed by atoms with Crippen molar-refractivity contribution in [2.24, 2.45) is 0 Å². The van der Waals surface area contributed by atoms with Crippen molar-refractivity contribution in [3.8, 4) is 0 Å². The SMILES string of the molecule is C[C@H](c1ccccc1)N1C(=O)Nc2cc(Br)ccc2C1(O)C(F)(F)F. The second-order valence-corrected chi connectivity index (χ2v) is 6.66. The number of benzene rings is 2. The van der Waals surface area contributed by atoms with Gasteiger partial charge in [-0.25, -0.2) is 4.79 Å². The number of nitrogens with zero attached hydrogens (tertiary/aromatic N) is 1. The molecule has 25 heavy (non-hydrogen) atoms. The molecule has 1 heterocycles. The Hall–Kier alpha value is -2.06. The Labute approximate surface area is 150 Å². The fraction of sp³-hybridized carbons (Fsp3) is 0.235. The quantitative estimate of drug-likeness (QED) is 0.743. The molecule has 8 heteroatoms. The lowest BCUT2D eigenvalue weighted by Crippen LogP contribution is -2.62. The molecule has 2 aromatic rings. The minimum Gasteiger partial charge on any atom is -0.360 e. The molecule has 132 valence electrons. The van der Waals surface area contributed by atoms with Crippen LogP contribution in [0.3, 0.4) is 0 Å². The van der Waals surface area contributed by atoms with Gasteiger partial charge in [0, 0.05) is 10.0 Å². The van der Waals surface area contributed by atoms with Crippen molar-refractivity contribution in [3.05, 3.63) is 64.1 Å². The summed E-state index contributed by atoms with van der Waals surface area (Å²) in [5.41, 5.74) is -3.48. The second-order valence-electron chi connectivity index (χ2n) is 5.75. The first kappa shape index (κ1) is 17.8. The summed E-state index contributed by atoms with van der Waals surface area (Å²) in [6.07, 6.45) is -5.09. The topological polar surface area (TPSA) is 52.6 Å². The Morgan fingerprint density at radius 1 is 1.20 bits per heavy atom. The van der Waals surface area contributed by atoms with Crippen LogP contribution in [0.25, 0.3) is 0 Å². The Kier molecular flexibility index (Phi) is 4.28. The molecule has 0 spiro atoms. The van der Waals surface area contributed by atoms with Crippen LogP contribution < -0.4 is 5.32 Å². The number of halogens is 4. The van der Waals surface area contributed by atoms with Gasteiger partial charge in [0.1, 0.15) is 0 Å². The number of anilines is 1. The van der Waals surface area contributed by atoms with Crippen LogP contribution in [0.4, 0.5) is 23.7 Å². The van der Waals surface area contributed by atoms with Crippen LogP contribution >= 0.6 is 15.9 Å². The highest BCUT2D eigenvalue weighted by Gasteiger charge is 2.64. The third kappa shape index (κ3) is 2.79. The number of aliphatic hydroxyl groups is 1. The Morgan fingerprint density at radius 3 is 2.44 bits per heavy atom. The molecular formula is C17H14BrF3N2O2. The molecule has 0 saturated heterocycles. The van der Waals surface area contributed by atoms with Gasteiger partial charge in [-0.3, -0.25) is 4.90 Å². The third-order valence-corrected chi connectivity index (χ3v) is 4.72. The minimum absolute atomic E-state index is 0.0873. The Bertz CT molecular complexity index is 813. The van der Waals surface area contributed by atoms with Gasteiger partial charge >= 0.3 is 12.2 Å². The highest BCUT2D eigenvalue weighted by Crippen LogP contribution is 2.50. The van der Waals surface area contributed by atoms with Crippen LogP contribution in [0.1, 0.15) is 24.1 Å². The Morgan fingerprint density at radius 2 is 1.84 bits per heavy atom. The Balaban J connectivity index is 2.20. The van der Waals surface area contributed by atoms with Gasteiger partial charge in [-0.1, -0.05) is 52.3 Å². The van der Waals surface area contributed by atoms with Gasteiger partial charge < -0.3 is 10.4 Å². The molecule has 4 nitrogen and oxygen atoms in total. The van der Waals surface area contributed by atoms with Crippen molar-refractivity contribution < 1.29 is 23.1 Å². The van der Waals surface area contributed by atoms with E-state index in [0.717, 1.165) is 6.07 Å². The van der Waals surface area contributed by atoms with E-state index in [4.69, 9.17) is 0 Å². The van der Waals surface area contributed by atoms with Crippen LogP contribution in [0.15, 0.2) is 53.0 Å². The third-order valence-electron chi connectivity index (χ3n) is 4.23. The summed E-state index contributed by atoms with van der Waals surface area (Å²) >= 11 is 3.15. The predicted octanol–water partition coefficient (Wildman–Crippen LogP) is 4.77. The number of fused-ring (bicyclic) bond motifs is 1. The molecule has 0 saturated carbocycles. The molecule has 0 radical (unpaired) electrons. The maximum Gasteiger partial charge on any atom is 0.441 e. The molecule has 0 bridgehead atoms. The smallest absolute Gasteiger partial charge is 0.360 e. The fourth-order valence-electron chi connectivity index (χ4n) is 3.00.